The van der Waals surface area contributed by atoms with Crippen molar-refractivity contribution >= 4 is 38.7 Å². The fourth-order valence-corrected chi connectivity index (χ4v) is 8.99. The average molecular weight is 708 g/mol. The average Bonchev–Trinajstić information content (AvgIpc) is 3.77. The van der Waals surface area contributed by atoms with Crippen molar-refractivity contribution in [3.8, 4) is 0 Å². The highest BCUT2D eigenvalue weighted by molar-refractivity contribution is 7.85. The number of rotatable bonds is 5. The van der Waals surface area contributed by atoms with E-state index in [-0.39, 0.29) is 30.2 Å². The largest absolute Gasteiger partial charge is 0.361 e. The summed E-state index contributed by atoms with van der Waals surface area (Å²) >= 11 is 0. The molecule has 1 aliphatic carbocycles. The minimum absolute atomic E-state index is 0.164. The molecule has 4 fully saturated rings. The molecule has 8 rings (SSSR count). The van der Waals surface area contributed by atoms with E-state index in [9.17, 15) is 27.9 Å². The zero-order chi connectivity index (χ0) is 35.7. The number of H-pyrrole nitrogens is 1. The third-order valence-corrected chi connectivity index (χ3v) is 11.2. The van der Waals surface area contributed by atoms with Crippen molar-refractivity contribution in [2.45, 2.75) is 81.6 Å². The van der Waals surface area contributed by atoms with Crippen molar-refractivity contribution < 1.29 is 37.2 Å². The van der Waals surface area contributed by atoms with Crippen LogP contribution in [0.4, 0.5) is 0 Å². The monoisotopic (exact) mass is 707 g/mol. The van der Waals surface area contributed by atoms with Gasteiger partial charge in [-0.25, -0.2) is 0 Å². The van der Waals surface area contributed by atoms with E-state index >= 15 is 0 Å². The number of fused-ring (bicyclic) bond motifs is 5. The smallest absolute Gasteiger partial charge is 0.281 e. The molecule has 4 saturated heterocycles. The van der Waals surface area contributed by atoms with Crippen LogP contribution in [-0.2, 0) is 42.1 Å². The number of hydrogen-bond donors (Lipinski definition) is 4. The van der Waals surface area contributed by atoms with Crippen LogP contribution >= 0.6 is 0 Å². The molecule has 0 radical (unpaired) electrons. The number of aromatic amines is 1. The van der Waals surface area contributed by atoms with Crippen molar-refractivity contribution in [3.63, 3.8) is 0 Å². The summed E-state index contributed by atoms with van der Waals surface area (Å²) in [4.78, 5) is 51.4. The lowest BCUT2D eigenvalue weighted by Crippen LogP contribution is -2.71. The van der Waals surface area contributed by atoms with Crippen LogP contribution < -0.4 is 5.32 Å². The molecule has 3 amide bonds. The van der Waals surface area contributed by atoms with Crippen molar-refractivity contribution in [3.05, 3.63) is 71.4 Å². The SMILES string of the molecule is CC(C)[C@@]1(NC(=O)[C@@H]2CC3c4cccc5[nH]cc(c45)C[C@H]3N(C)C2)O[C@@]2(O)[C@@H]3CCCN3C(=O)[C@H](Cc3ccccc3)N2C1=O.CS(=O)(=O)O. The molecule has 5 heterocycles. The number of aliphatic hydroxyl groups is 1. The first-order chi connectivity index (χ1) is 23.6. The van der Waals surface area contributed by atoms with Gasteiger partial charge in [0.05, 0.1) is 12.2 Å². The van der Waals surface area contributed by atoms with Crippen LogP contribution in [0.15, 0.2) is 54.7 Å². The first-order valence-corrected chi connectivity index (χ1v) is 19.1. The molecule has 1 unspecified atom stereocenters. The number of nitrogens with one attached hydrogen (secondary N) is 2. The summed E-state index contributed by atoms with van der Waals surface area (Å²) in [6, 6.07) is 14.5. The van der Waals surface area contributed by atoms with Gasteiger partial charge in [0, 0.05) is 54.5 Å². The second-order valence-electron chi connectivity index (χ2n) is 14.8. The fourth-order valence-electron chi connectivity index (χ4n) is 8.99. The molecule has 0 saturated carbocycles. The van der Waals surface area contributed by atoms with Gasteiger partial charge < -0.3 is 25.2 Å². The molecule has 50 heavy (non-hydrogen) atoms. The molecule has 5 aliphatic rings. The van der Waals surface area contributed by atoms with Crippen LogP contribution in [0.5, 0.6) is 0 Å². The molecule has 2 aromatic carbocycles. The van der Waals surface area contributed by atoms with Gasteiger partial charge >= 0.3 is 0 Å². The Labute approximate surface area is 291 Å². The summed E-state index contributed by atoms with van der Waals surface area (Å²) in [5.41, 5.74) is 2.75. The van der Waals surface area contributed by atoms with Crippen molar-refractivity contribution in [2.24, 2.45) is 11.8 Å². The van der Waals surface area contributed by atoms with Gasteiger partial charge in [0.15, 0.2) is 0 Å². The Bertz CT molecular complexity index is 1930. The minimum atomic E-state index is -3.67. The lowest BCUT2D eigenvalue weighted by molar-refractivity contribution is -0.321. The molecule has 0 bridgehead atoms. The molecule has 1 aromatic heterocycles. The van der Waals surface area contributed by atoms with E-state index in [1.54, 1.807) is 4.90 Å². The lowest BCUT2D eigenvalue weighted by atomic mass is 9.72. The highest BCUT2D eigenvalue weighted by atomic mass is 32.2. The van der Waals surface area contributed by atoms with Gasteiger partial charge in [0.1, 0.15) is 12.1 Å². The van der Waals surface area contributed by atoms with E-state index in [0.29, 0.717) is 38.6 Å². The molecule has 268 valence electrons. The number of likely N-dealkylation sites (tertiary alicyclic amines) is 1. The van der Waals surface area contributed by atoms with E-state index in [0.717, 1.165) is 17.5 Å². The second kappa shape index (κ2) is 12.4. The summed E-state index contributed by atoms with van der Waals surface area (Å²) in [6.45, 7) is 4.68. The Morgan fingerprint density at radius 3 is 2.56 bits per heavy atom. The summed E-state index contributed by atoms with van der Waals surface area (Å²) < 4.78 is 32.4. The Morgan fingerprint density at radius 1 is 1.14 bits per heavy atom. The molecule has 4 aliphatic heterocycles. The number of piperazine rings is 1. The van der Waals surface area contributed by atoms with Crippen LogP contribution in [0.25, 0.3) is 10.9 Å². The molecule has 13 nitrogen and oxygen atoms in total. The van der Waals surface area contributed by atoms with Gasteiger partial charge in [-0.15, -0.1) is 0 Å². The number of piperidine rings is 1. The van der Waals surface area contributed by atoms with E-state index in [2.05, 4.69) is 46.6 Å². The van der Waals surface area contributed by atoms with Gasteiger partial charge in [-0.2, -0.15) is 8.42 Å². The number of ether oxygens (including phenoxy) is 1. The molecule has 3 aromatic rings. The predicted octanol–water partition coefficient (Wildman–Crippen LogP) is 2.22. The minimum Gasteiger partial charge on any atom is -0.361 e. The van der Waals surface area contributed by atoms with Crippen molar-refractivity contribution in [2.75, 3.05) is 26.4 Å². The summed E-state index contributed by atoms with van der Waals surface area (Å²) in [6.07, 6.45) is 5.84. The van der Waals surface area contributed by atoms with Crippen molar-refractivity contribution in [1.29, 1.82) is 0 Å². The number of nitrogens with zero attached hydrogens (tertiary/aromatic N) is 3. The number of likely N-dealkylation sites (N-methyl/N-ethyl adjacent to an activating group) is 1. The maximum atomic E-state index is 14.6. The number of aromatic nitrogens is 1. The van der Waals surface area contributed by atoms with Crippen LogP contribution in [-0.4, -0.2) is 112 Å². The van der Waals surface area contributed by atoms with Crippen LogP contribution in [0.3, 0.4) is 0 Å². The van der Waals surface area contributed by atoms with Gasteiger partial charge in [0.2, 0.25) is 17.5 Å². The number of amides is 3. The van der Waals surface area contributed by atoms with Gasteiger partial charge in [-0.05, 0) is 55.5 Å². The van der Waals surface area contributed by atoms with E-state index in [4.69, 9.17) is 9.29 Å². The van der Waals surface area contributed by atoms with Crippen LogP contribution in [0.2, 0.25) is 0 Å². The predicted molar refractivity (Wildman–Crippen MR) is 184 cm³/mol. The highest BCUT2D eigenvalue weighted by Crippen LogP contribution is 2.49. The molecular formula is C36H45N5O8S. The van der Waals surface area contributed by atoms with Crippen molar-refractivity contribution in [1.82, 2.24) is 25.0 Å². The summed E-state index contributed by atoms with van der Waals surface area (Å²) in [7, 11) is -1.60. The standard InChI is InChI=1S/C35H41N5O5.CH4O3S/c1-20(2)34(37-31(41)23-16-25-24-11-7-12-26-30(24)22(18-36-26)17-27(25)38(3)19-23)33(43)40-28(15-21-9-5-4-6-10-21)32(42)39-14-8-13-29(39)35(40,44)45-34;1-5(2,3)4/h4-7,9-12,18,20,23,25,27-29,36,44H,8,13-17,19H2,1-3H3,(H,37,41);1H3,(H,2,3,4)/t23-,25?,27-,28+,29+,34-,35+;/m1./s1. The normalized spacial score (nSPS) is 32.0. The van der Waals surface area contributed by atoms with E-state index in [1.807, 2.05) is 44.2 Å². The quantitative estimate of drug-likeness (QED) is 0.290. The molecule has 0 spiro atoms. The van der Waals surface area contributed by atoms with Gasteiger partial charge in [-0.3, -0.25) is 28.6 Å². The number of hydrogen-bond acceptors (Lipinski definition) is 8. The van der Waals surface area contributed by atoms with E-state index in [1.165, 1.54) is 21.4 Å². The Morgan fingerprint density at radius 2 is 1.86 bits per heavy atom. The summed E-state index contributed by atoms with van der Waals surface area (Å²) in [5.74, 6) is -3.80. The molecule has 7 atom stereocenters. The van der Waals surface area contributed by atoms with E-state index < -0.39 is 51.6 Å². The summed E-state index contributed by atoms with van der Waals surface area (Å²) in [5, 5.41) is 16.6. The molecule has 14 heteroatoms. The molecule has 4 N–H and O–H groups in total. The zero-order valence-corrected chi connectivity index (χ0v) is 29.5. The van der Waals surface area contributed by atoms with Gasteiger partial charge in [-0.1, -0.05) is 56.3 Å². The molecular weight excluding hydrogens is 662 g/mol. The maximum Gasteiger partial charge on any atom is 0.281 e. The highest BCUT2D eigenvalue weighted by Gasteiger charge is 2.72. The van der Waals surface area contributed by atoms with Gasteiger partial charge in [0.25, 0.3) is 21.9 Å². The Kier molecular flexibility index (Phi) is 8.62. The first kappa shape index (κ1) is 34.6. The Balaban J connectivity index is 0.000000734. The maximum absolute atomic E-state index is 14.6. The Hall–Kier alpha value is -3.82. The first-order valence-electron chi connectivity index (χ1n) is 17.3. The van der Waals surface area contributed by atoms with Crippen LogP contribution in [0.1, 0.15) is 55.7 Å². The lowest BCUT2D eigenvalue weighted by Gasteiger charge is -2.48. The number of carbonyl (C=O) groups is 3. The topological polar surface area (TPSA) is 173 Å². The second-order valence-corrected chi connectivity index (χ2v) is 16.2. The third-order valence-electron chi connectivity index (χ3n) is 11.2. The van der Waals surface area contributed by atoms with Crippen LogP contribution in [0, 0.1) is 11.8 Å². The third kappa shape index (κ3) is 5.70. The number of benzene rings is 2. The number of carbonyl (C=O) groups excluding carboxylic acids is 3. The fraction of sp³-hybridized carbons (Fsp3) is 0.528. The zero-order valence-electron chi connectivity index (χ0n) is 28.7.